The van der Waals surface area contributed by atoms with E-state index < -0.39 is 0 Å². The van der Waals surface area contributed by atoms with Crippen LogP contribution in [-0.2, 0) is 0 Å². The van der Waals surface area contributed by atoms with E-state index in [1.54, 1.807) is 4.90 Å². The van der Waals surface area contributed by atoms with Gasteiger partial charge in [0.2, 0.25) is 0 Å². The van der Waals surface area contributed by atoms with Crippen molar-refractivity contribution in [3.63, 3.8) is 0 Å². The summed E-state index contributed by atoms with van der Waals surface area (Å²) in [6.07, 6.45) is 3.87. The highest BCUT2D eigenvalue weighted by molar-refractivity contribution is 7.10. The molecule has 1 aliphatic rings. The van der Waals surface area contributed by atoms with Gasteiger partial charge >= 0.3 is 6.03 Å². The molecule has 1 aliphatic carbocycles. The molecule has 0 saturated heterocycles. The Morgan fingerprint density at radius 3 is 2.67 bits per heavy atom. The van der Waals surface area contributed by atoms with Crippen molar-refractivity contribution in [2.24, 2.45) is 5.92 Å². The lowest BCUT2D eigenvalue weighted by Crippen LogP contribution is -2.42. The van der Waals surface area contributed by atoms with Crippen LogP contribution in [0.3, 0.4) is 0 Å². The van der Waals surface area contributed by atoms with Gasteiger partial charge in [-0.1, -0.05) is 30.3 Å². The number of hydrogen-bond donors (Lipinski definition) is 2. The Labute approximate surface area is 146 Å². The van der Waals surface area contributed by atoms with Crippen molar-refractivity contribution in [3.05, 3.63) is 36.4 Å². The van der Waals surface area contributed by atoms with Crippen LogP contribution in [0.4, 0.5) is 9.80 Å². The number of aromatic nitrogens is 1. The summed E-state index contributed by atoms with van der Waals surface area (Å²) in [6.45, 7) is 0.256. The van der Waals surface area contributed by atoms with Crippen LogP contribution in [0, 0.1) is 5.92 Å². The summed E-state index contributed by atoms with van der Waals surface area (Å²) in [5.74, 6) is 0.396. The van der Waals surface area contributed by atoms with Crippen molar-refractivity contribution in [2.75, 3.05) is 19.0 Å². The van der Waals surface area contributed by atoms with E-state index in [9.17, 15) is 9.90 Å². The molecular formula is C18H23N3O2S. The number of aliphatic hydroxyl groups is 1. The van der Waals surface area contributed by atoms with E-state index >= 15 is 0 Å². The van der Waals surface area contributed by atoms with Crippen molar-refractivity contribution in [1.82, 2.24) is 9.27 Å². The molecule has 3 rings (SSSR count). The Morgan fingerprint density at radius 1 is 1.29 bits per heavy atom. The number of aliphatic hydroxyl groups excluding tert-OH is 1. The molecule has 1 saturated carbocycles. The fraction of sp³-hybridized carbons (Fsp3) is 0.444. The molecule has 1 heterocycles. The summed E-state index contributed by atoms with van der Waals surface area (Å²) in [4.78, 5) is 14.2. The summed E-state index contributed by atoms with van der Waals surface area (Å²) < 4.78 is 4.41. The molecule has 0 radical (unpaired) electrons. The number of carbonyl (C=O) groups is 1. The third-order valence-electron chi connectivity index (χ3n) is 4.75. The normalized spacial score (nSPS) is 20.6. The summed E-state index contributed by atoms with van der Waals surface area (Å²) in [5.41, 5.74) is 1.92. The second kappa shape index (κ2) is 7.77. The minimum Gasteiger partial charge on any atom is -0.396 e. The van der Waals surface area contributed by atoms with Gasteiger partial charge < -0.3 is 10.0 Å². The highest BCUT2D eigenvalue weighted by Crippen LogP contribution is 2.28. The maximum Gasteiger partial charge on any atom is 0.322 e. The molecule has 24 heavy (non-hydrogen) atoms. The molecule has 1 aromatic heterocycles. The van der Waals surface area contributed by atoms with Crippen LogP contribution in [-0.4, -0.2) is 40.1 Å². The van der Waals surface area contributed by atoms with Gasteiger partial charge in [0.25, 0.3) is 0 Å². The molecule has 0 atom stereocenters. The lowest BCUT2D eigenvalue weighted by atomic mass is 9.86. The highest BCUT2D eigenvalue weighted by atomic mass is 32.1. The molecule has 2 aromatic rings. The Morgan fingerprint density at radius 2 is 2.00 bits per heavy atom. The van der Waals surface area contributed by atoms with Gasteiger partial charge in [0.1, 0.15) is 5.00 Å². The zero-order valence-corrected chi connectivity index (χ0v) is 14.6. The third kappa shape index (κ3) is 3.94. The molecule has 0 unspecified atom stereocenters. The second-order valence-corrected chi connectivity index (χ2v) is 7.15. The number of carbonyl (C=O) groups excluding carboxylic acids is 1. The van der Waals surface area contributed by atoms with Gasteiger partial charge in [-0.15, -0.1) is 0 Å². The van der Waals surface area contributed by atoms with Crippen molar-refractivity contribution < 1.29 is 9.90 Å². The summed E-state index contributed by atoms with van der Waals surface area (Å²) in [6, 6.07) is 12.0. The fourth-order valence-corrected chi connectivity index (χ4v) is 3.81. The van der Waals surface area contributed by atoms with Crippen LogP contribution in [0.5, 0.6) is 0 Å². The minimum atomic E-state index is -0.0919. The first-order chi connectivity index (χ1) is 11.7. The molecule has 0 spiro atoms. The van der Waals surface area contributed by atoms with Gasteiger partial charge in [0, 0.05) is 31.3 Å². The first-order valence-electron chi connectivity index (χ1n) is 8.34. The minimum absolute atomic E-state index is 0.0919. The lowest BCUT2D eigenvalue weighted by Gasteiger charge is -2.33. The maximum atomic E-state index is 12.5. The first-order valence-corrected chi connectivity index (χ1v) is 9.11. The SMILES string of the molecule is CN(C(=O)Nc1cc(-c2ccccc2)ns1)C1CCC(CO)CC1. The van der Waals surface area contributed by atoms with E-state index in [1.165, 1.54) is 11.5 Å². The van der Waals surface area contributed by atoms with Crippen LogP contribution in [0.25, 0.3) is 11.3 Å². The maximum absolute atomic E-state index is 12.5. The molecule has 128 valence electrons. The van der Waals surface area contributed by atoms with Crippen molar-refractivity contribution in [1.29, 1.82) is 0 Å². The van der Waals surface area contributed by atoms with Gasteiger partial charge in [-0.2, -0.15) is 4.37 Å². The van der Waals surface area contributed by atoms with E-state index in [4.69, 9.17) is 0 Å². The lowest BCUT2D eigenvalue weighted by molar-refractivity contribution is 0.139. The monoisotopic (exact) mass is 345 g/mol. The van der Waals surface area contributed by atoms with Gasteiger partial charge in [-0.25, -0.2) is 4.79 Å². The van der Waals surface area contributed by atoms with Crippen LogP contribution in [0.1, 0.15) is 25.7 Å². The predicted molar refractivity (Wildman–Crippen MR) is 97.2 cm³/mol. The number of benzene rings is 1. The molecule has 1 fully saturated rings. The van der Waals surface area contributed by atoms with E-state index in [1.807, 2.05) is 43.4 Å². The number of rotatable bonds is 4. The molecular weight excluding hydrogens is 322 g/mol. The number of amides is 2. The van der Waals surface area contributed by atoms with E-state index in [0.29, 0.717) is 5.92 Å². The molecule has 5 nitrogen and oxygen atoms in total. The van der Waals surface area contributed by atoms with Crippen LogP contribution in [0.15, 0.2) is 36.4 Å². The fourth-order valence-electron chi connectivity index (χ4n) is 3.15. The number of hydrogen-bond acceptors (Lipinski definition) is 4. The Hall–Kier alpha value is -1.92. The molecule has 0 aliphatic heterocycles. The predicted octanol–water partition coefficient (Wildman–Crippen LogP) is 3.82. The Kier molecular flexibility index (Phi) is 5.48. The molecule has 2 N–H and O–H groups in total. The van der Waals surface area contributed by atoms with E-state index in [2.05, 4.69) is 9.69 Å². The van der Waals surface area contributed by atoms with Gasteiger partial charge in [-0.05, 0) is 43.1 Å². The molecule has 6 heteroatoms. The summed E-state index contributed by atoms with van der Waals surface area (Å²) in [7, 11) is 1.85. The first kappa shape index (κ1) is 16.9. The van der Waals surface area contributed by atoms with E-state index in [0.717, 1.165) is 41.9 Å². The third-order valence-corrected chi connectivity index (χ3v) is 5.46. The smallest absolute Gasteiger partial charge is 0.322 e. The summed E-state index contributed by atoms with van der Waals surface area (Å²) >= 11 is 1.30. The van der Waals surface area contributed by atoms with Crippen molar-refractivity contribution >= 4 is 22.6 Å². The zero-order valence-electron chi connectivity index (χ0n) is 13.8. The number of anilines is 1. The topological polar surface area (TPSA) is 65.5 Å². The Balaban J connectivity index is 1.58. The van der Waals surface area contributed by atoms with Crippen molar-refractivity contribution in [2.45, 2.75) is 31.7 Å². The van der Waals surface area contributed by atoms with Crippen LogP contribution >= 0.6 is 11.5 Å². The quantitative estimate of drug-likeness (QED) is 0.885. The van der Waals surface area contributed by atoms with Gasteiger partial charge in [0.05, 0.1) is 5.69 Å². The molecule has 0 bridgehead atoms. The number of nitrogens with one attached hydrogen (secondary N) is 1. The van der Waals surface area contributed by atoms with E-state index in [-0.39, 0.29) is 18.7 Å². The zero-order chi connectivity index (χ0) is 16.9. The number of urea groups is 1. The Bertz CT molecular complexity index is 666. The van der Waals surface area contributed by atoms with Gasteiger partial charge in [0.15, 0.2) is 0 Å². The van der Waals surface area contributed by atoms with Crippen molar-refractivity contribution in [3.8, 4) is 11.3 Å². The van der Waals surface area contributed by atoms with Crippen LogP contribution in [0.2, 0.25) is 0 Å². The largest absolute Gasteiger partial charge is 0.396 e. The summed E-state index contributed by atoms with van der Waals surface area (Å²) in [5, 5.41) is 12.9. The average molecular weight is 345 g/mol. The molecule has 1 aromatic carbocycles. The van der Waals surface area contributed by atoms with Gasteiger partial charge in [-0.3, -0.25) is 5.32 Å². The average Bonchev–Trinajstić information content (AvgIpc) is 3.10. The standard InChI is InChI=1S/C18H23N3O2S/c1-21(15-9-7-13(12-22)8-10-15)18(23)19-17-11-16(20-24-17)14-5-3-2-4-6-14/h2-6,11,13,15,22H,7-10,12H2,1H3,(H,19,23). The second-order valence-electron chi connectivity index (χ2n) is 6.34. The highest BCUT2D eigenvalue weighted by Gasteiger charge is 2.26. The van der Waals surface area contributed by atoms with Crippen LogP contribution < -0.4 is 5.32 Å². The number of nitrogens with zero attached hydrogens (tertiary/aromatic N) is 2. The molecule has 2 amide bonds.